The van der Waals surface area contributed by atoms with Gasteiger partial charge in [0.05, 0.1) is 11.7 Å². The van der Waals surface area contributed by atoms with E-state index in [-0.39, 0.29) is 5.91 Å². The monoisotopic (exact) mass is 285 g/mol. The fourth-order valence-corrected chi connectivity index (χ4v) is 1.93. The van der Waals surface area contributed by atoms with Gasteiger partial charge in [-0.1, -0.05) is 12.1 Å². The molecule has 0 saturated carbocycles. The lowest BCUT2D eigenvalue weighted by atomic mass is 10.1. The first-order valence-corrected chi connectivity index (χ1v) is 5.91. The number of aryl methyl sites for hydroxylation is 1. The van der Waals surface area contributed by atoms with Gasteiger partial charge in [0.25, 0.3) is 5.91 Å². The topological polar surface area (TPSA) is 40.5 Å². The highest BCUT2D eigenvalue weighted by molar-refractivity contribution is 9.10. The molecule has 1 unspecified atom stereocenters. The minimum Gasteiger partial charge on any atom is -0.392 e. The van der Waals surface area contributed by atoms with E-state index in [4.69, 9.17) is 0 Å². The number of likely N-dealkylation sites (N-methyl/N-ethyl adjacent to an activating group) is 1. The fourth-order valence-electron chi connectivity index (χ4n) is 1.50. The van der Waals surface area contributed by atoms with Gasteiger partial charge in [-0.3, -0.25) is 4.79 Å². The van der Waals surface area contributed by atoms with E-state index in [1.807, 2.05) is 19.1 Å². The second kappa shape index (κ2) is 5.46. The molecule has 3 nitrogen and oxygen atoms in total. The number of rotatable bonds is 3. The SMILES string of the molecule is Cc1cccc(C(=O)N(C)CC(C)O)c1Br. The van der Waals surface area contributed by atoms with Gasteiger partial charge in [-0.05, 0) is 41.4 Å². The van der Waals surface area contributed by atoms with Gasteiger partial charge in [-0.15, -0.1) is 0 Å². The van der Waals surface area contributed by atoms with Crippen LogP contribution in [-0.4, -0.2) is 35.6 Å². The summed E-state index contributed by atoms with van der Waals surface area (Å²) in [4.78, 5) is 13.6. The van der Waals surface area contributed by atoms with Gasteiger partial charge in [0, 0.05) is 18.1 Å². The van der Waals surface area contributed by atoms with Crippen molar-refractivity contribution in [2.24, 2.45) is 0 Å². The Morgan fingerprint density at radius 2 is 2.19 bits per heavy atom. The summed E-state index contributed by atoms with van der Waals surface area (Å²) in [5.74, 6) is -0.0866. The fraction of sp³-hybridized carbons (Fsp3) is 0.417. The van der Waals surface area contributed by atoms with Gasteiger partial charge in [-0.25, -0.2) is 0 Å². The minimum absolute atomic E-state index is 0.0866. The summed E-state index contributed by atoms with van der Waals surface area (Å²) in [5.41, 5.74) is 1.65. The van der Waals surface area contributed by atoms with Crippen LogP contribution in [0.3, 0.4) is 0 Å². The number of benzene rings is 1. The Hall–Kier alpha value is -0.870. The van der Waals surface area contributed by atoms with Crippen molar-refractivity contribution in [1.82, 2.24) is 4.90 Å². The summed E-state index contributed by atoms with van der Waals surface area (Å²) in [6.45, 7) is 3.93. The first kappa shape index (κ1) is 13.2. The predicted molar refractivity (Wildman–Crippen MR) is 67.5 cm³/mol. The molecule has 1 rings (SSSR count). The van der Waals surface area contributed by atoms with Crippen molar-refractivity contribution in [2.75, 3.05) is 13.6 Å². The van der Waals surface area contributed by atoms with E-state index in [1.54, 1.807) is 20.0 Å². The van der Waals surface area contributed by atoms with Crippen molar-refractivity contribution < 1.29 is 9.90 Å². The third-order valence-corrected chi connectivity index (χ3v) is 3.36. The van der Waals surface area contributed by atoms with Crippen molar-refractivity contribution in [1.29, 1.82) is 0 Å². The molecule has 1 atom stereocenters. The summed E-state index contributed by atoms with van der Waals surface area (Å²) >= 11 is 3.41. The Morgan fingerprint density at radius 1 is 1.56 bits per heavy atom. The number of carbonyl (C=O) groups excluding carboxylic acids is 1. The molecule has 1 N–H and O–H groups in total. The molecule has 0 heterocycles. The highest BCUT2D eigenvalue weighted by Gasteiger charge is 2.16. The Morgan fingerprint density at radius 3 is 2.75 bits per heavy atom. The number of carbonyl (C=O) groups is 1. The first-order valence-electron chi connectivity index (χ1n) is 5.12. The molecule has 0 aliphatic carbocycles. The molecule has 0 aliphatic rings. The number of amides is 1. The molecule has 0 spiro atoms. The summed E-state index contributed by atoms with van der Waals surface area (Å²) in [6, 6.07) is 5.57. The number of halogens is 1. The highest BCUT2D eigenvalue weighted by Crippen LogP contribution is 2.22. The largest absolute Gasteiger partial charge is 0.392 e. The molecule has 0 aliphatic heterocycles. The Labute approximate surface area is 104 Å². The van der Waals surface area contributed by atoms with Gasteiger partial charge in [0.2, 0.25) is 0 Å². The summed E-state index contributed by atoms with van der Waals surface area (Å²) < 4.78 is 0.817. The van der Waals surface area contributed by atoms with Gasteiger partial charge in [-0.2, -0.15) is 0 Å². The lowest BCUT2D eigenvalue weighted by Crippen LogP contribution is -2.33. The molecule has 4 heteroatoms. The predicted octanol–water partition coefficient (Wildman–Crippen LogP) is 2.21. The van der Waals surface area contributed by atoms with Gasteiger partial charge in [0.15, 0.2) is 0 Å². The molecule has 1 amide bonds. The lowest BCUT2D eigenvalue weighted by Gasteiger charge is -2.19. The number of hydrogen-bond donors (Lipinski definition) is 1. The van der Waals surface area contributed by atoms with Crippen LogP contribution in [0.1, 0.15) is 22.8 Å². The molecular formula is C12H16BrNO2. The summed E-state index contributed by atoms with van der Waals surface area (Å²) in [7, 11) is 1.68. The van der Waals surface area contributed by atoms with E-state index < -0.39 is 6.10 Å². The van der Waals surface area contributed by atoms with Crippen LogP contribution in [0.4, 0.5) is 0 Å². The van der Waals surface area contributed by atoms with Crippen LogP contribution in [0.2, 0.25) is 0 Å². The first-order chi connectivity index (χ1) is 7.43. The van der Waals surface area contributed by atoms with Gasteiger partial charge in [0.1, 0.15) is 0 Å². The molecule has 1 aromatic carbocycles. The average molecular weight is 286 g/mol. The Balaban J connectivity index is 2.92. The second-order valence-corrected chi connectivity index (χ2v) is 4.76. The van der Waals surface area contributed by atoms with E-state index in [1.165, 1.54) is 4.90 Å². The maximum absolute atomic E-state index is 12.0. The average Bonchev–Trinajstić information content (AvgIpc) is 2.20. The quantitative estimate of drug-likeness (QED) is 0.925. The van der Waals surface area contributed by atoms with Crippen LogP contribution in [0.15, 0.2) is 22.7 Å². The van der Waals surface area contributed by atoms with Gasteiger partial charge < -0.3 is 10.0 Å². The lowest BCUT2D eigenvalue weighted by molar-refractivity contribution is 0.0702. The zero-order valence-electron chi connectivity index (χ0n) is 9.70. The van der Waals surface area contributed by atoms with Crippen LogP contribution in [0, 0.1) is 6.92 Å². The molecule has 0 radical (unpaired) electrons. The van der Waals surface area contributed by atoms with E-state index in [0.29, 0.717) is 12.1 Å². The van der Waals surface area contributed by atoms with E-state index in [0.717, 1.165) is 10.0 Å². The molecule has 0 saturated heterocycles. The van der Waals surface area contributed by atoms with Crippen molar-refractivity contribution in [2.45, 2.75) is 20.0 Å². The third-order valence-electron chi connectivity index (χ3n) is 2.31. The standard InChI is InChI=1S/C12H16BrNO2/c1-8-5-4-6-10(11(8)13)12(16)14(3)7-9(2)15/h4-6,9,15H,7H2,1-3H3. The molecule has 0 aromatic heterocycles. The Bertz CT molecular complexity index is 391. The van der Waals surface area contributed by atoms with Crippen LogP contribution >= 0.6 is 15.9 Å². The number of aliphatic hydroxyl groups is 1. The Kier molecular flexibility index (Phi) is 4.50. The van der Waals surface area contributed by atoms with Crippen LogP contribution in [0.5, 0.6) is 0 Å². The molecule has 0 fully saturated rings. The van der Waals surface area contributed by atoms with E-state index in [9.17, 15) is 9.90 Å². The number of aliphatic hydroxyl groups excluding tert-OH is 1. The second-order valence-electron chi connectivity index (χ2n) is 3.97. The van der Waals surface area contributed by atoms with Crippen LogP contribution in [-0.2, 0) is 0 Å². The molecule has 16 heavy (non-hydrogen) atoms. The van der Waals surface area contributed by atoms with Crippen molar-refractivity contribution in [3.8, 4) is 0 Å². The van der Waals surface area contributed by atoms with E-state index >= 15 is 0 Å². The van der Waals surface area contributed by atoms with Crippen molar-refractivity contribution >= 4 is 21.8 Å². The van der Waals surface area contributed by atoms with Gasteiger partial charge >= 0.3 is 0 Å². The molecule has 0 bridgehead atoms. The number of nitrogens with zero attached hydrogens (tertiary/aromatic N) is 1. The smallest absolute Gasteiger partial charge is 0.254 e. The van der Waals surface area contributed by atoms with Crippen molar-refractivity contribution in [3.05, 3.63) is 33.8 Å². The molecule has 88 valence electrons. The maximum atomic E-state index is 12.0. The van der Waals surface area contributed by atoms with E-state index in [2.05, 4.69) is 15.9 Å². The van der Waals surface area contributed by atoms with Crippen molar-refractivity contribution in [3.63, 3.8) is 0 Å². The summed E-state index contributed by atoms with van der Waals surface area (Å²) in [6.07, 6.45) is -0.516. The highest BCUT2D eigenvalue weighted by atomic mass is 79.9. The zero-order chi connectivity index (χ0) is 12.3. The molecule has 1 aromatic rings. The number of hydrogen-bond acceptors (Lipinski definition) is 2. The normalized spacial score (nSPS) is 12.3. The zero-order valence-corrected chi connectivity index (χ0v) is 11.3. The van der Waals surface area contributed by atoms with Crippen LogP contribution < -0.4 is 0 Å². The molecular weight excluding hydrogens is 270 g/mol. The third kappa shape index (κ3) is 3.06. The maximum Gasteiger partial charge on any atom is 0.254 e. The van der Waals surface area contributed by atoms with Crippen LogP contribution in [0.25, 0.3) is 0 Å². The summed E-state index contributed by atoms with van der Waals surface area (Å²) in [5, 5.41) is 9.24. The minimum atomic E-state index is -0.516.